The van der Waals surface area contributed by atoms with Gasteiger partial charge in [-0.3, -0.25) is 0 Å². The average Bonchev–Trinajstić information content (AvgIpc) is 2.82. The van der Waals surface area contributed by atoms with Crippen LogP contribution in [0.3, 0.4) is 0 Å². The number of hydrogen-bond donors (Lipinski definition) is 2. The van der Waals surface area contributed by atoms with E-state index in [0.29, 0.717) is 12.0 Å². The minimum absolute atomic E-state index is 0.219. The molecule has 2 nitrogen and oxygen atoms in total. The maximum absolute atomic E-state index is 12.8. The molecule has 0 radical (unpaired) electrons. The molecule has 0 aromatic carbocycles. The lowest BCUT2D eigenvalue weighted by Gasteiger charge is -2.75. The first-order chi connectivity index (χ1) is 8.39. The average molecular weight is 260 g/mol. The molecular formula is C13H19F3N2. The first-order valence-corrected chi connectivity index (χ1v) is 6.91. The maximum Gasteiger partial charge on any atom is 0.406 e. The number of nitrogens with one attached hydrogen (secondary N) is 2. The fraction of sp³-hybridized carbons (Fsp3) is 1.00. The molecule has 0 spiro atoms. The molecule has 5 fully saturated rings. The van der Waals surface area contributed by atoms with Gasteiger partial charge in [-0.25, -0.2) is 0 Å². The van der Waals surface area contributed by atoms with Crippen molar-refractivity contribution in [1.29, 1.82) is 0 Å². The smallest absolute Gasteiger partial charge is 0.316 e. The third-order valence-electron chi connectivity index (χ3n) is 5.92. The molecule has 0 unspecified atom stereocenters. The summed E-state index contributed by atoms with van der Waals surface area (Å²) >= 11 is 0. The van der Waals surface area contributed by atoms with Crippen molar-refractivity contribution in [1.82, 2.24) is 10.6 Å². The summed E-state index contributed by atoms with van der Waals surface area (Å²) in [6, 6.07) is 0. The van der Waals surface area contributed by atoms with Gasteiger partial charge in [0.2, 0.25) is 0 Å². The highest BCUT2D eigenvalue weighted by Gasteiger charge is 2.71. The van der Waals surface area contributed by atoms with E-state index in [0.717, 1.165) is 38.3 Å². The molecule has 2 bridgehead atoms. The first kappa shape index (κ1) is 11.5. The van der Waals surface area contributed by atoms with E-state index in [4.69, 9.17) is 0 Å². The summed E-state index contributed by atoms with van der Waals surface area (Å²) in [5, 5.41) is 6.14. The molecule has 5 rings (SSSR count). The number of hydrogen-bond acceptors (Lipinski definition) is 2. The molecule has 102 valence electrons. The van der Waals surface area contributed by atoms with E-state index >= 15 is 0 Å². The largest absolute Gasteiger partial charge is 0.406 e. The lowest BCUT2D eigenvalue weighted by Crippen LogP contribution is -2.73. The number of halogens is 3. The van der Waals surface area contributed by atoms with Crippen LogP contribution in [0.25, 0.3) is 0 Å². The number of alkyl halides is 3. The van der Waals surface area contributed by atoms with Crippen LogP contribution in [0.1, 0.15) is 32.1 Å². The van der Waals surface area contributed by atoms with Crippen LogP contribution in [0, 0.1) is 16.7 Å². The normalized spacial score (nSPS) is 44.8. The predicted octanol–water partition coefficient (Wildman–Crippen LogP) is 2.06. The number of rotatable bonds is 4. The molecule has 1 heterocycles. The summed E-state index contributed by atoms with van der Waals surface area (Å²) in [7, 11) is 0. The zero-order valence-electron chi connectivity index (χ0n) is 10.4. The molecule has 2 N–H and O–H groups in total. The molecular weight excluding hydrogens is 241 g/mol. The highest BCUT2D eigenvalue weighted by molar-refractivity contribution is 5.22. The Morgan fingerprint density at radius 2 is 1.72 bits per heavy atom. The summed E-state index contributed by atoms with van der Waals surface area (Å²) in [5.74, 6) is 0.803. The molecule has 18 heavy (non-hydrogen) atoms. The SMILES string of the molecule is FC(F)(F)C1(NCC23CC(C4CNC4)(C2)C3)CC1. The van der Waals surface area contributed by atoms with Crippen molar-refractivity contribution in [3.05, 3.63) is 0 Å². The van der Waals surface area contributed by atoms with Crippen molar-refractivity contribution in [2.45, 2.75) is 43.8 Å². The van der Waals surface area contributed by atoms with E-state index in [2.05, 4.69) is 10.6 Å². The fourth-order valence-electron chi connectivity index (χ4n) is 4.47. The van der Waals surface area contributed by atoms with Crippen molar-refractivity contribution >= 4 is 0 Å². The van der Waals surface area contributed by atoms with E-state index < -0.39 is 11.7 Å². The second-order valence-electron chi connectivity index (χ2n) is 7.18. The van der Waals surface area contributed by atoms with Crippen LogP contribution < -0.4 is 10.6 Å². The molecule has 0 aromatic rings. The second kappa shape index (κ2) is 3.06. The summed E-state index contributed by atoms with van der Waals surface area (Å²) < 4.78 is 38.4. The summed E-state index contributed by atoms with van der Waals surface area (Å²) in [4.78, 5) is 0. The van der Waals surface area contributed by atoms with Gasteiger partial charge < -0.3 is 10.6 Å². The summed E-state index contributed by atoms with van der Waals surface area (Å²) in [6.07, 6.45) is -0.0471. The van der Waals surface area contributed by atoms with Crippen LogP contribution >= 0.6 is 0 Å². The maximum atomic E-state index is 12.8. The van der Waals surface area contributed by atoms with Crippen LogP contribution in [-0.4, -0.2) is 31.3 Å². The predicted molar refractivity (Wildman–Crippen MR) is 61.1 cm³/mol. The topological polar surface area (TPSA) is 24.1 Å². The van der Waals surface area contributed by atoms with Gasteiger partial charge in [-0.2, -0.15) is 13.2 Å². The molecule has 0 aromatic heterocycles. The molecule has 0 atom stereocenters. The first-order valence-electron chi connectivity index (χ1n) is 6.91. The van der Waals surface area contributed by atoms with E-state index in [-0.39, 0.29) is 18.3 Å². The van der Waals surface area contributed by atoms with Gasteiger partial charge in [0, 0.05) is 6.54 Å². The van der Waals surface area contributed by atoms with Gasteiger partial charge >= 0.3 is 6.18 Å². The van der Waals surface area contributed by atoms with Gasteiger partial charge in [0.1, 0.15) is 5.54 Å². The van der Waals surface area contributed by atoms with Crippen molar-refractivity contribution in [3.8, 4) is 0 Å². The Labute approximate surface area is 105 Å². The Kier molecular flexibility index (Phi) is 1.96. The van der Waals surface area contributed by atoms with Gasteiger partial charge in [0.15, 0.2) is 0 Å². The molecule has 1 saturated heterocycles. The third-order valence-corrected chi connectivity index (χ3v) is 5.92. The Hall–Kier alpha value is -0.290. The Morgan fingerprint density at radius 1 is 1.11 bits per heavy atom. The van der Waals surface area contributed by atoms with Crippen molar-refractivity contribution in [3.63, 3.8) is 0 Å². The quantitative estimate of drug-likeness (QED) is 0.808. The lowest BCUT2D eigenvalue weighted by molar-refractivity contribution is -0.245. The molecule has 5 heteroatoms. The minimum Gasteiger partial charge on any atom is -0.316 e. The van der Waals surface area contributed by atoms with Gasteiger partial charge in [-0.05, 0) is 61.9 Å². The van der Waals surface area contributed by atoms with Crippen molar-refractivity contribution in [2.24, 2.45) is 16.7 Å². The zero-order valence-corrected chi connectivity index (χ0v) is 10.4. The lowest BCUT2D eigenvalue weighted by atomic mass is 9.31. The van der Waals surface area contributed by atoms with E-state index in [9.17, 15) is 13.2 Å². The van der Waals surface area contributed by atoms with Gasteiger partial charge in [0.05, 0.1) is 0 Å². The molecule has 4 saturated carbocycles. The van der Waals surface area contributed by atoms with E-state index in [1.54, 1.807) is 0 Å². The van der Waals surface area contributed by atoms with Gasteiger partial charge in [-0.1, -0.05) is 0 Å². The summed E-state index contributed by atoms with van der Waals surface area (Å²) in [6.45, 7) is 2.82. The van der Waals surface area contributed by atoms with Crippen LogP contribution in [0.2, 0.25) is 0 Å². The van der Waals surface area contributed by atoms with Crippen LogP contribution in [0.5, 0.6) is 0 Å². The standard InChI is InChI=1S/C13H19F3N2/c14-13(15,16)12(1-2-12)18-8-10-5-11(6-10,7-10)9-3-17-4-9/h9,17-18H,1-8H2. The van der Waals surface area contributed by atoms with Crippen LogP contribution in [-0.2, 0) is 0 Å². The van der Waals surface area contributed by atoms with Gasteiger partial charge in [-0.15, -0.1) is 0 Å². The highest BCUT2D eigenvalue weighted by Crippen LogP contribution is 2.76. The Morgan fingerprint density at radius 3 is 2.11 bits per heavy atom. The van der Waals surface area contributed by atoms with Crippen LogP contribution in [0.4, 0.5) is 13.2 Å². The Bertz CT molecular complexity index is 362. The molecule has 0 amide bonds. The second-order valence-corrected chi connectivity index (χ2v) is 7.18. The zero-order chi connectivity index (χ0) is 12.6. The molecule has 4 aliphatic carbocycles. The third kappa shape index (κ3) is 1.32. The van der Waals surface area contributed by atoms with Crippen molar-refractivity contribution < 1.29 is 13.2 Å². The Balaban J connectivity index is 1.31. The molecule has 5 aliphatic rings. The highest BCUT2D eigenvalue weighted by atomic mass is 19.4. The summed E-state index contributed by atoms with van der Waals surface area (Å²) in [5.41, 5.74) is -0.786. The molecule has 1 aliphatic heterocycles. The van der Waals surface area contributed by atoms with Gasteiger partial charge in [0.25, 0.3) is 0 Å². The fourth-order valence-corrected chi connectivity index (χ4v) is 4.47. The van der Waals surface area contributed by atoms with Crippen molar-refractivity contribution in [2.75, 3.05) is 19.6 Å². The van der Waals surface area contributed by atoms with E-state index in [1.165, 1.54) is 0 Å². The van der Waals surface area contributed by atoms with E-state index in [1.807, 2.05) is 0 Å². The van der Waals surface area contributed by atoms with Crippen LogP contribution in [0.15, 0.2) is 0 Å². The monoisotopic (exact) mass is 260 g/mol. The minimum atomic E-state index is -4.06.